The van der Waals surface area contributed by atoms with Gasteiger partial charge in [0.05, 0.1) is 0 Å². The lowest BCUT2D eigenvalue weighted by Gasteiger charge is -2.18. The Morgan fingerprint density at radius 1 is 1.41 bits per heavy atom. The third-order valence-corrected chi connectivity index (χ3v) is 2.22. The summed E-state index contributed by atoms with van der Waals surface area (Å²) in [5, 5.41) is 0. The van der Waals surface area contributed by atoms with Gasteiger partial charge in [-0.15, -0.1) is 0 Å². The molecule has 0 saturated heterocycles. The molecule has 90 valence electrons. The predicted octanol–water partition coefficient (Wildman–Crippen LogP) is 2.60. The van der Waals surface area contributed by atoms with E-state index in [0.29, 0.717) is 5.69 Å². The average molecular weight is 232 g/mol. The Bertz CT molecular complexity index is 564. The van der Waals surface area contributed by atoms with Crippen molar-refractivity contribution in [3.05, 3.63) is 35.8 Å². The van der Waals surface area contributed by atoms with Crippen LogP contribution in [0, 0.1) is 6.92 Å². The van der Waals surface area contributed by atoms with E-state index >= 15 is 0 Å². The molecule has 0 aliphatic heterocycles. The standard InChI is InChI=1S/C13H16N2O2/c1-9-5-6-15-8-10(14-11(15)7-9)12(16)17-13(2,3)4/h5-8H,1-4H3. The predicted molar refractivity (Wildman–Crippen MR) is 65.1 cm³/mol. The van der Waals surface area contributed by atoms with Crippen LogP contribution in [0.25, 0.3) is 5.65 Å². The number of carbonyl (C=O) groups is 1. The van der Waals surface area contributed by atoms with Crippen LogP contribution >= 0.6 is 0 Å². The average Bonchev–Trinajstić information content (AvgIpc) is 2.57. The number of fused-ring (bicyclic) bond motifs is 1. The van der Waals surface area contributed by atoms with Gasteiger partial charge in [-0.05, 0) is 45.4 Å². The summed E-state index contributed by atoms with van der Waals surface area (Å²) in [6, 6.07) is 3.89. The number of hydrogen-bond acceptors (Lipinski definition) is 3. The molecule has 2 rings (SSSR count). The molecular formula is C13H16N2O2. The number of hydrogen-bond donors (Lipinski definition) is 0. The molecule has 4 heteroatoms. The molecule has 0 amide bonds. The summed E-state index contributed by atoms with van der Waals surface area (Å²) in [5.74, 6) is -0.390. The minimum absolute atomic E-state index is 0.338. The quantitative estimate of drug-likeness (QED) is 0.710. The summed E-state index contributed by atoms with van der Waals surface area (Å²) in [4.78, 5) is 16.1. The molecule has 0 aliphatic carbocycles. The van der Waals surface area contributed by atoms with Crippen LogP contribution in [0.5, 0.6) is 0 Å². The Labute approximate surface area is 100 Å². The van der Waals surface area contributed by atoms with Gasteiger partial charge in [0.1, 0.15) is 11.2 Å². The highest BCUT2D eigenvalue weighted by molar-refractivity contribution is 5.88. The van der Waals surface area contributed by atoms with Crippen LogP contribution in [-0.4, -0.2) is 21.0 Å². The van der Waals surface area contributed by atoms with Gasteiger partial charge in [0.25, 0.3) is 0 Å². The van der Waals surface area contributed by atoms with Crippen molar-refractivity contribution in [1.29, 1.82) is 0 Å². The molecule has 0 bridgehead atoms. The van der Waals surface area contributed by atoms with Crippen molar-refractivity contribution >= 4 is 11.6 Å². The Morgan fingerprint density at radius 2 is 2.12 bits per heavy atom. The molecule has 0 saturated carbocycles. The maximum absolute atomic E-state index is 11.8. The number of esters is 1. The van der Waals surface area contributed by atoms with E-state index in [2.05, 4.69) is 4.98 Å². The first kappa shape index (κ1) is 11.6. The van der Waals surface area contributed by atoms with E-state index < -0.39 is 5.60 Å². The molecule has 0 radical (unpaired) electrons. The second-order valence-electron chi connectivity index (χ2n) is 5.10. The van der Waals surface area contributed by atoms with Gasteiger partial charge in [-0.3, -0.25) is 0 Å². The van der Waals surface area contributed by atoms with Crippen molar-refractivity contribution < 1.29 is 9.53 Å². The molecule has 4 nitrogen and oxygen atoms in total. The third-order valence-electron chi connectivity index (χ3n) is 2.22. The number of pyridine rings is 1. The highest BCUT2D eigenvalue weighted by Crippen LogP contribution is 2.13. The van der Waals surface area contributed by atoms with E-state index in [1.807, 2.05) is 50.4 Å². The van der Waals surface area contributed by atoms with Crippen LogP contribution < -0.4 is 0 Å². The first-order valence-electron chi connectivity index (χ1n) is 5.54. The van der Waals surface area contributed by atoms with Gasteiger partial charge in [-0.1, -0.05) is 0 Å². The molecule has 0 unspecified atom stereocenters. The normalized spacial score (nSPS) is 11.8. The largest absolute Gasteiger partial charge is 0.455 e. The van der Waals surface area contributed by atoms with Gasteiger partial charge < -0.3 is 9.14 Å². The molecule has 0 atom stereocenters. The van der Waals surface area contributed by atoms with Crippen LogP contribution in [0.15, 0.2) is 24.5 Å². The Morgan fingerprint density at radius 3 is 2.76 bits per heavy atom. The summed E-state index contributed by atoms with van der Waals surface area (Å²) in [6.07, 6.45) is 3.56. The fraction of sp³-hybridized carbons (Fsp3) is 0.385. The van der Waals surface area contributed by atoms with E-state index in [-0.39, 0.29) is 5.97 Å². The lowest BCUT2D eigenvalue weighted by molar-refractivity contribution is 0.00636. The van der Waals surface area contributed by atoms with Crippen LogP contribution in [0.2, 0.25) is 0 Å². The van der Waals surface area contributed by atoms with Crippen molar-refractivity contribution in [2.75, 3.05) is 0 Å². The SMILES string of the molecule is Cc1ccn2cc(C(=O)OC(C)(C)C)nc2c1. The van der Waals surface area contributed by atoms with Gasteiger partial charge in [0, 0.05) is 12.4 Å². The lowest BCUT2D eigenvalue weighted by Crippen LogP contribution is -2.24. The van der Waals surface area contributed by atoms with Crippen molar-refractivity contribution in [2.24, 2.45) is 0 Å². The first-order valence-corrected chi connectivity index (χ1v) is 5.54. The summed E-state index contributed by atoms with van der Waals surface area (Å²) >= 11 is 0. The van der Waals surface area contributed by atoms with Crippen molar-refractivity contribution in [1.82, 2.24) is 9.38 Å². The number of rotatable bonds is 1. The molecule has 2 heterocycles. The summed E-state index contributed by atoms with van der Waals surface area (Å²) < 4.78 is 7.08. The van der Waals surface area contributed by atoms with Crippen molar-refractivity contribution in [3.8, 4) is 0 Å². The highest BCUT2D eigenvalue weighted by Gasteiger charge is 2.20. The number of nitrogens with zero attached hydrogens (tertiary/aromatic N) is 2. The number of imidazole rings is 1. The topological polar surface area (TPSA) is 43.6 Å². The van der Waals surface area contributed by atoms with Gasteiger partial charge in [0.15, 0.2) is 5.69 Å². The number of aryl methyl sites for hydroxylation is 1. The van der Waals surface area contributed by atoms with E-state index in [9.17, 15) is 4.79 Å². The van der Waals surface area contributed by atoms with Gasteiger partial charge >= 0.3 is 5.97 Å². The van der Waals surface area contributed by atoms with Gasteiger partial charge in [-0.25, -0.2) is 9.78 Å². The van der Waals surface area contributed by atoms with Gasteiger partial charge in [-0.2, -0.15) is 0 Å². The Hall–Kier alpha value is -1.84. The molecule has 0 aromatic carbocycles. The summed E-state index contributed by atoms with van der Waals surface area (Å²) in [5.41, 5.74) is 1.71. The zero-order valence-electron chi connectivity index (χ0n) is 10.5. The highest BCUT2D eigenvalue weighted by atomic mass is 16.6. The van der Waals surface area contributed by atoms with E-state index in [4.69, 9.17) is 4.74 Å². The van der Waals surface area contributed by atoms with Crippen LogP contribution in [0.1, 0.15) is 36.8 Å². The Balaban J connectivity index is 2.33. The minimum Gasteiger partial charge on any atom is -0.455 e. The molecule has 17 heavy (non-hydrogen) atoms. The van der Waals surface area contributed by atoms with Crippen molar-refractivity contribution in [2.45, 2.75) is 33.3 Å². The molecule has 0 spiro atoms. The van der Waals surface area contributed by atoms with Crippen LogP contribution in [-0.2, 0) is 4.74 Å². The Kier molecular flexibility index (Phi) is 2.65. The molecule has 2 aromatic heterocycles. The van der Waals surface area contributed by atoms with Crippen LogP contribution in [0.3, 0.4) is 0 Å². The molecule has 0 aliphatic rings. The smallest absolute Gasteiger partial charge is 0.359 e. The fourth-order valence-electron chi connectivity index (χ4n) is 1.51. The maximum Gasteiger partial charge on any atom is 0.359 e. The molecular weight excluding hydrogens is 216 g/mol. The number of ether oxygens (including phenoxy) is 1. The first-order chi connectivity index (χ1) is 7.85. The molecule has 0 fully saturated rings. The third kappa shape index (κ3) is 2.64. The molecule has 0 N–H and O–H groups in total. The number of aromatic nitrogens is 2. The van der Waals surface area contributed by atoms with Crippen LogP contribution in [0.4, 0.5) is 0 Å². The lowest BCUT2D eigenvalue weighted by atomic mass is 10.2. The van der Waals surface area contributed by atoms with Gasteiger partial charge in [0.2, 0.25) is 0 Å². The van der Waals surface area contributed by atoms with E-state index in [1.165, 1.54) is 0 Å². The monoisotopic (exact) mass is 232 g/mol. The van der Waals surface area contributed by atoms with Crippen molar-refractivity contribution in [3.63, 3.8) is 0 Å². The zero-order chi connectivity index (χ0) is 12.6. The summed E-state index contributed by atoms with van der Waals surface area (Å²) in [6.45, 7) is 7.50. The molecule has 2 aromatic rings. The zero-order valence-corrected chi connectivity index (χ0v) is 10.5. The van der Waals surface area contributed by atoms with E-state index in [1.54, 1.807) is 6.20 Å². The maximum atomic E-state index is 11.8. The van der Waals surface area contributed by atoms with E-state index in [0.717, 1.165) is 11.2 Å². The summed E-state index contributed by atoms with van der Waals surface area (Å²) in [7, 11) is 0. The fourth-order valence-corrected chi connectivity index (χ4v) is 1.51. The minimum atomic E-state index is -0.497. The second kappa shape index (κ2) is 3.87. The number of carbonyl (C=O) groups excluding carboxylic acids is 1. The second-order valence-corrected chi connectivity index (χ2v) is 5.10.